The van der Waals surface area contributed by atoms with Crippen LogP contribution in [0.5, 0.6) is 0 Å². The van der Waals surface area contributed by atoms with Crippen LogP contribution in [-0.4, -0.2) is 0 Å². The highest BCUT2D eigenvalue weighted by molar-refractivity contribution is 4.92. The molecule has 0 spiro atoms. The third kappa shape index (κ3) is 6.42. The van der Waals surface area contributed by atoms with E-state index in [1.54, 1.807) is 0 Å². The van der Waals surface area contributed by atoms with Crippen LogP contribution >= 0.6 is 0 Å². The summed E-state index contributed by atoms with van der Waals surface area (Å²) >= 11 is 0. The first-order valence-corrected chi connectivity index (χ1v) is 11.2. The normalized spacial score (nSPS) is 32.2. The average Bonchev–Trinajstić information content (AvgIpc) is 2.62. The molecule has 2 rings (SSSR count). The van der Waals surface area contributed by atoms with Crippen molar-refractivity contribution in [3.8, 4) is 6.07 Å². The minimum Gasteiger partial charge on any atom is -0.198 e. The molecular formula is C23H41N. The lowest BCUT2D eigenvalue weighted by atomic mass is 9.70. The van der Waals surface area contributed by atoms with Gasteiger partial charge in [-0.15, -0.1) is 0 Å². The molecule has 0 bridgehead atoms. The lowest BCUT2D eigenvalue weighted by Crippen LogP contribution is -2.24. The number of hydrogen-bond donors (Lipinski definition) is 0. The molecule has 138 valence electrons. The summed E-state index contributed by atoms with van der Waals surface area (Å²) in [5.74, 6) is 3.88. The molecule has 24 heavy (non-hydrogen) atoms. The van der Waals surface area contributed by atoms with Gasteiger partial charge in [-0.2, -0.15) is 5.26 Å². The van der Waals surface area contributed by atoms with Crippen molar-refractivity contribution < 1.29 is 0 Å². The van der Waals surface area contributed by atoms with Gasteiger partial charge >= 0.3 is 0 Å². The van der Waals surface area contributed by atoms with Gasteiger partial charge in [0.25, 0.3) is 0 Å². The van der Waals surface area contributed by atoms with Crippen molar-refractivity contribution in [1.29, 1.82) is 5.26 Å². The van der Waals surface area contributed by atoms with Crippen molar-refractivity contribution in [3.05, 3.63) is 0 Å². The number of nitriles is 1. The molecule has 0 aliphatic heterocycles. The average molecular weight is 332 g/mol. The smallest absolute Gasteiger partial charge is 0.0658 e. The third-order valence-electron chi connectivity index (χ3n) is 7.09. The SMILES string of the molecule is CCCCC[C@H]1CC[C@H](C(C#N)C[C@H]2CC[C@H](CCC)CC2)CC1. The summed E-state index contributed by atoms with van der Waals surface area (Å²) in [5.41, 5.74) is 0. The molecule has 2 saturated carbocycles. The summed E-state index contributed by atoms with van der Waals surface area (Å²) in [6.07, 6.45) is 20.7. The molecule has 0 saturated heterocycles. The minimum absolute atomic E-state index is 0.356. The Hall–Kier alpha value is -0.510. The monoisotopic (exact) mass is 331 g/mol. The van der Waals surface area contributed by atoms with Crippen LogP contribution in [0.1, 0.15) is 110 Å². The molecule has 2 aliphatic rings. The van der Waals surface area contributed by atoms with Crippen molar-refractivity contribution >= 4 is 0 Å². The van der Waals surface area contributed by atoms with E-state index in [0.29, 0.717) is 11.8 Å². The molecule has 2 fully saturated rings. The van der Waals surface area contributed by atoms with Crippen LogP contribution < -0.4 is 0 Å². The Bertz CT molecular complexity index is 353. The molecule has 1 heteroatoms. The molecule has 0 amide bonds. The summed E-state index contributed by atoms with van der Waals surface area (Å²) in [5, 5.41) is 9.73. The fourth-order valence-electron chi connectivity index (χ4n) is 5.44. The van der Waals surface area contributed by atoms with Crippen LogP contribution in [0.4, 0.5) is 0 Å². The molecule has 0 aromatic heterocycles. The fourth-order valence-corrected chi connectivity index (χ4v) is 5.44. The van der Waals surface area contributed by atoms with Gasteiger partial charge in [-0.25, -0.2) is 0 Å². The quantitative estimate of drug-likeness (QED) is 0.401. The minimum atomic E-state index is 0.356. The Morgan fingerprint density at radius 3 is 1.92 bits per heavy atom. The standard InChI is InChI=1S/C23H41N/c1-3-5-6-8-20-13-15-22(16-14-20)23(18-24)17-21-11-9-19(7-4-2)10-12-21/h19-23H,3-17H2,1-2H3/t19-,20-,21-,22-,23?. The van der Waals surface area contributed by atoms with Crippen molar-refractivity contribution in [1.82, 2.24) is 0 Å². The molecule has 0 radical (unpaired) electrons. The molecule has 2 aliphatic carbocycles. The number of hydrogen-bond acceptors (Lipinski definition) is 1. The predicted molar refractivity (Wildman–Crippen MR) is 104 cm³/mol. The first-order chi connectivity index (χ1) is 11.8. The zero-order chi connectivity index (χ0) is 17.2. The molecular weight excluding hydrogens is 290 g/mol. The predicted octanol–water partition coefficient (Wildman–Crippen LogP) is 7.51. The fraction of sp³-hybridized carbons (Fsp3) is 0.957. The van der Waals surface area contributed by atoms with Gasteiger partial charge in [0.2, 0.25) is 0 Å². The van der Waals surface area contributed by atoms with Gasteiger partial charge in [0.05, 0.1) is 6.07 Å². The Balaban J connectivity index is 1.68. The van der Waals surface area contributed by atoms with Gasteiger partial charge in [0, 0.05) is 5.92 Å². The second-order valence-corrected chi connectivity index (χ2v) is 8.92. The zero-order valence-corrected chi connectivity index (χ0v) is 16.4. The summed E-state index contributed by atoms with van der Waals surface area (Å²) in [7, 11) is 0. The van der Waals surface area contributed by atoms with Crippen molar-refractivity contribution in [2.75, 3.05) is 0 Å². The van der Waals surface area contributed by atoms with Gasteiger partial charge in [-0.1, -0.05) is 90.9 Å². The Morgan fingerprint density at radius 2 is 1.33 bits per heavy atom. The van der Waals surface area contributed by atoms with Gasteiger partial charge in [0.15, 0.2) is 0 Å². The lowest BCUT2D eigenvalue weighted by molar-refractivity contribution is 0.177. The van der Waals surface area contributed by atoms with E-state index in [-0.39, 0.29) is 0 Å². The van der Waals surface area contributed by atoms with E-state index in [9.17, 15) is 5.26 Å². The van der Waals surface area contributed by atoms with Crippen molar-refractivity contribution in [2.24, 2.45) is 29.6 Å². The van der Waals surface area contributed by atoms with E-state index in [0.717, 1.165) is 17.8 Å². The van der Waals surface area contributed by atoms with Crippen LogP contribution in [0, 0.1) is 40.9 Å². The number of rotatable bonds is 9. The lowest BCUT2D eigenvalue weighted by Gasteiger charge is -2.34. The van der Waals surface area contributed by atoms with Crippen LogP contribution in [0.15, 0.2) is 0 Å². The van der Waals surface area contributed by atoms with Crippen LogP contribution in [0.3, 0.4) is 0 Å². The second kappa shape index (κ2) is 11.2. The van der Waals surface area contributed by atoms with Crippen molar-refractivity contribution in [2.45, 2.75) is 110 Å². The van der Waals surface area contributed by atoms with Gasteiger partial charge in [-0.05, 0) is 42.9 Å². The van der Waals surface area contributed by atoms with E-state index in [1.807, 2.05) is 0 Å². The highest BCUT2D eigenvalue weighted by atomic mass is 14.4. The number of nitrogens with zero attached hydrogens (tertiary/aromatic N) is 1. The van der Waals surface area contributed by atoms with E-state index in [1.165, 1.54) is 96.3 Å². The van der Waals surface area contributed by atoms with Gasteiger partial charge in [0.1, 0.15) is 0 Å². The maximum Gasteiger partial charge on any atom is 0.0658 e. The van der Waals surface area contributed by atoms with E-state index in [4.69, 9.17) is 0 Å². The van der Waals surface area contributed by atoms with Gasteiger partial charge < -0.3 is 0 Å². The summed E-state index contributed by atoms with van der Waals surface area (Å²) in [6.45, 7) is 4.61. The Kier molecular flexibility index (Phi) is 9.22. The van der Waals surface area contributed by atoms with Crippen LogP contribution in [-0.2, 0) is 0 Å². The Morgan fingerprint density at radius 1 is 0.750 bits per heavy atom. The van der Waals surface area contributed by atoms with Crippen LogP contribution in [0.25, 0.3) is 0 Å². The molecule has 0 aromatic carbocycles. The largest absolute Gasteiger partial charge is 0.198 e. The first-order valence-electron chi connectivity index (χ1n) is 11.2. The topological polar surface area (TPSA) is 23.8 Å². The third-order valence-corrected chi connectivity index (χ3v) is 7.09. The van der Waals surface area contributed by atoms with E-state index < -0.39 is 0 Å². The van der Waals surface area contributed by atoms with Crippen LogP contribution in [0.2, 0.25) is 0 Å². The summed E-state index contributed by atoms with van der Waals surface area (Å²) < 4.78 is 0. The Labute approximate surface area is 151 Å². The molecule has 1 atom stereocenters. The maximum absolute atomic E-state index is 9.73. The molecule has 0 heterocycles. The van der Waals surface area contributed by atoms with E-state index >= 15 is 0 Å². The second-order valence-electron chi connectivity index (χ2n) is 8.92. The van der Waals surface area contributed by atoms with E-state index in [2.05, 4.69) is 19.9 Å². The van der Waals surface area contributed by atoms with Crippen molar-refractivity contribution in [3.63, 3.8) is 0 Å². The highest BCUT2D eigenvalue weighted by Crippen LogP contribution is 2.41. The summed E-state index contributed by atoms with van der Waals surface area (Å²) in [4.78, 5) is 0. The first kappa shape index (κ1) is 19.8. The summed E-state index contributed by atoms with van der Waals surface area (Å²) in [6, 6.07) is 2.72. The number of unbranched alkanes of at least 4 members (excludes halogenated alkanes) is 2. The van der Waals surface area contributed by atoms with Gasteiger partial charge in [-0.3, -0.25) is 0 Å². The molecule has 0 aromatic rings. The molecule has 1 unspecified atom stereocenters. The zero-order valence-electron chi connectivity index (χ0n) is 16.4. The molecule has 1 nitrogen and oxygen atoms in total. The highest BCUT2D eigenvalue weighted by Gasteiger charge is 2.30. The maximum atomic E-state index is 9.73. The molecule has 0 N–H and O–H groups in total.